The molecule has 2 aromatic heterocycles. The van der Waals surface area contributed by atoms with Crippen LogP contribution >= 0.6 is 61.9 Å². The van der Waals surface area contributed by atoms with Crippen molar-refractivity contribution < 1.29 is 14.0 Å². The Morgan fingerprint density at radius 3 is 1.76 bits per heavy atom. The third-order valence-corrected chi connectivity index (χ3v) is 8.46. The average Bonchev–Trinajstić information content (AvgIpc) is 3.50. The fraction of sp³-hybridized carbons (Fsp3) is 0.308. The number of carbonyl (C=O) groups is 2. The van der Waals surface area contributed by atoms with Gasteiger partial charge in [0.05, 0.1) is 6.26 Å². The standard InChI is InChI=1S/C26H24O3S5/c27-23-20-14(3-9-31)16-6-12-34-26(16)18(5-11-33)22(20)24(28)19-13(2-8-30)15-1-7-29-25(15)17(4-10-32)21(19)23/h1,6-7,12,30-33H,2-5,8-11H2. The Hall–Kier alpha value is -1.32. The van der Waals surface area contributed by atoms with Gasteiger partial charge in [0.2, 0.25) is 0 Å². The summed E-state index contributed by atoms with van der Waals surface area (Å²) in [5.41, 5.74) is 6.24. The third-order valence-electron chi connectivity index (χ3n) is 6.59. The number of carbonyl (C=O) groups excluding carboxylic acids is 2. The van der Waals surface area contributed by atoms with Crippen molar-refractivity contribution >= 4 is 94.5 Å². The van der Waals surface area contributed by atoms with Crippen molar-refractivity contribution in [2.75, 3.05) is 23.0 Å². The van der Waals surface area contributed by atoms with E-state index in [4.69, 9.17) is 4.42 Å². The van der Waals surface area contributed by atoms with Crippen molar-refractivity contribution in [1.29, 1.82) is 0 Å². The van der Waals surface area contributed by atoms with Crippen LogP contribution in [0.1, 0.15) is 54.1 Å². The molecule has 0 atom stereocenters. The average molecular weight is 545 g/mol. The molecule has 0 fully saturated rings. The smallest absolute Gasteiger partial charge is 0.195 e. The first-order valence-corrected chi connectivity index (χ1v) is 14.6. The van der Waals surface area contributed by atoms with Gasteiger partial charge < -0.3 is 4.42 Å². The number of hydrogen-bond donors (Lipinski definition) is 4. The van der Waals surface area contributed by atoms with E-state index in [0.717, 1.165) is 37.7 Å². The molecule has 8 heteroatoms. The summed E-state index contributed by atoms with van der Waals surface area (Å²) < 4.78 is 6.96. The van der Waals surface area contributed by atoms with Gasteiger partial charge in [-0.15, -0.1) is 11.3 Å². The van der Waals surface area contributed by atoms with E-state index < -0.39 is 0 Å². The van der Waals surface area contributed by atoms with Crippen LogP contribution in [0.5, 0.6) is 0 Å². The second-order valence-electron chi connectivity index (χ2n) is 8.29. The maximum atomic E-state index is 14.4. The maximum absolute atomic E-state index is 14.4. The number of hydrogen-bond acceptors (Lipinski definition) is 8. The number of rotatable bonds is 8. The molecule has 1 aliphatic rings. The van der Waals surface area contributed by atoms with E-state index in [1.165, 1.54) is 0 Å². The quantitative estimate of drug-likeness (QED) is 0.173. The highest BCUT2D eigenvalue weighted by Gasteiger charge is 2.39. The number of benzene rings is 2. The van der Waals surface area contributed by atoms with Crippen LogP contribution in [-0.4, -0.2) is 34.6 Å². The zero-order valence-corrected chi connectivity index (χ0v) is 22.8. The molecule has 2 aromatic carbocycles. The Kier molecular flexibility index (Phi) is 7.15. The van der Waals surface area contributed by atoms with Crippen molar-refractivity contribution in [3.63, 3.8) is 0 Å². The van der Waals surface area contributed by atoms with E-state index in [9.17, 15) is 9.59 Å². The first-order valence-electron chi connectivity index (χ1n) is 11.2. The SMILES string of the molecule is O=C1c2c(c(CCS)c3sccc3c2CCS)C(=O)c2c1c(CCS)c1occc1c2CCS. The van der Waals surface area contributed by atoms with Gasteiger partial charge in [-0.1, -0.05) is 0 Å². The lowest BCUT2D eigenvalue weighted by Gasteiger charge is -2.28. The Morgan fingerprint density at radius 2 is 1.15 bits per heavy atom. The molecular formula is C26H24O3S5. The van der Waals surface area contributed by atoms with Crippen molar-refractivity contribution in [2.45, 2.75) is 25.7 Å². The van der Waals surface area contributed by atoms with Crippen LogP contribution in [-0.2, 0) is 25.7 Å². The lowest BCUT2D eigenvalue weighted by molar-refractivity contribution is 0.0976. The van der Waals surface area contributed by atoms with Gasteiger partial charge in [0, 0.05) is 37.9 Å². The number of ketones is 2. The molecule has 0 aliphatic heterocycles. The summed E-state index contributed by atoms with van der Waals surface area (Å²) in [7, 11) is 0. The molecule has 0 saturated heterocycles. The van der Waals surface area contributed by atoms with Crippen LogP contribution in [0.4, 0.5) is 0 Å². The molecule has 3 nitrogen and oxygen atoms in total. The molecule has 4 aromatic rings. The molecular weight excluding hydrogens is 521 g/mol. The van der Waals surface area contributed by atoms with Gasteiger partial charge in [-0.05, 0) is 88.3 Å². The minimum Gasteiger partial charge on any atom is -0.464 e. The lowest BCUT2D eigenvalue weighted by Crippen LogP contribution is -2.28. The van der Waals surface area contributed by atoms with Crippen LogP contribution in [0, 0.1) is 0 Å². The normalized spacial score (nSPS) is 13.2. The van der Waals surface area contributed by atoms with Gasteiger partial charge in [-0.25, -0.2) is 0 Å². The molecule has 0 unspecified atom stereocenters. The first kappa shape index (κ1) is 24.4. The highest BCUT2D eigenvalue weighted by atomic mass is 32.1. The predicted octanol–water partition coefficient (Wildman–Crippen LogP) is 6.31. The summed E-state index contributed by atoms with van der Waals surface area (Å²) in [5, 5.41) is 3.97. The van der Waals surface area contributed by atoms with Crippen LogP contribution in [0.15, 0.2) is 28.2 Å². The zero-order valence-electron chi connectivity index (χ0n) is 18.4. The number of thiophene rings is 1. The van der Waals surface area contributed by atoms with Crippen LogP contribution in [0.2, 0.25) is 0 Å². The van der Waals surface area contributed by atoms with Crippen molar-refractivity contribution in [3.8, 4) is 0 Å². The van der Waals surface area contributed by atoms with Crippen LogP contribution in [0.3, 0.4) is 0 Å². The van der Waals surface area contributed by atoms with E-state index in [2.05, 4.69) is 56.6 Å². The molecule has 5 rings (SSSR count). The topological polar surface area (TPSA) is 47.3 Å². The highest BCUT2D eigenvalue weighted by molar-refractivity contribution is 7.80. The molecule has 0 saturated carbocycles. The Bertz CT molecular complexity index is 1240. The van der Waals surface area contributed by atoms with Gasteiger partial charge in [0.15, 0.2) is 11.6 Å². The Labute approximate surface area is 224 Å². The predicted molar refractivity (Wildman–Crippen MR) is 155 cm³/mol. The molecule has 34 heavy (non-hydrogen) atoms. The summed E-state index contributed by atoms with van der Waals surface area (Å²) in [4.78, 5) is 28.8. The van der Waals surface area contributed by atoms with Gasteiger partial charge >= 0.3 is 0 Å². The summed E-state index contributed by atoms with van der Waals surface area (Å²) in [6, 6.07) is 3.96. The molecule has 1 aliphatic carbocycles. The van der Waals surface area contributed by atoms with Gasteiger partial charge in [0.1, 0.15) is 5.58 Å². The van der Waals surface area contributed by atoms with E-state index in [-0.39, 0.29) is 11.6 Å². The molecule has 0 spiro atoms. The molecule has 0 N–H and O–H groups in total. The maximum Gasteiger partial charge on any atom is 0.195 e. The minimum absolute atomic E-state index is 0.0719. The van der Waals surface area contributed by atoms with Crippen LogP contribution < -0.4 is 0 Å². The summed E-state index contributed by atoms with van der Waals surface area (Å²) >= 11 is 19.5. The minimum atomic E-state index is -0.0922. The zero-order chi connectivity index (χ0) is 24.0. The number of furan rings is 1. The molecule has 2 heterocycles. The summed E-state index contributed by atoms with van der Waals surface area (Å²) in [6.45, 7) is 0. The third kappa shape index (κ3) is 3.60. The number of fused-ring (bicyclic) bond motifs is 4. The first-order chi connectivity index (χ1) is 16.6. The van der Waals surface area contributed by atoms with Crippen LogP contribution in [0.25, 0.3) is 21.1 Å². The van der Waals surface area contributed by atoms with Gasteiger partial charge in [0.25, 0.3) is 0 Å². The molecule has 0 radical (unpaired) electrons. The monoisotopic (exact) mass is 544 g/mol. The summed E-state index contributed by atoms with van der Waals surface area (Å²) in [6.07, 6.45) is 3.98. The second-order valence-corrected chi connectivity index (χ2v) is 11.0. The van der Waals surface area contributed by atoms with E-state index in [1.54, 1.807) is 17.6 Å². The molecule has 0 amide bonds. The van der Waals surface area contributed by atoms with E-state index in [0.29, 0.717) is 76.5 Å². The Balaban J connectivity index is 1.95. The van der Waals surface area contributed by atoms with Gasteiger partial charge in [-0.3, -0.25) is 9.59 Å². The largest absolute Gasteiger partial charge is 0.464 e. The Morgan fingerprint density at radius 1 is 0.647 bits per heavy atom. The van der Waals surface area contributed by atoms with Crippen molar-refractivity contribution in [2.24, 2.45) is 0 Å². The van der Waals surface area contributed by atoms with E-state index >= 15 is 0 Å². The lowest BCUT2D eigenvalue weighted by atomic mass is 9.73. The molecule has 0 bridgehead atoms. The fourth-order valence-electron chi connectivity index (χ4n) is 5.36. The number of thiol groups is 4. The molecule has 176 valence electrons. The fourth-order valence-corrected chi connectivity index (χ4v) is 7.26. The van der Waals surface area contributed by atoms with Gasteiger partial charge in [-0.2, -0.15) is 50.5 Å². The highest BCUT2D eigenvalue weighted by Crippen LogP contribution is 2.44. The van der Waals surface area contributed by atoms with E-state index in [1.807, 2.05) is 11.4 Å². The summed E-state index contributed by atoms with van der Waals surface area (Å²) in [5.74, 6) is 2.12. The van der Waals surface area contributed by atoms with Crippen molar-refractivity contribution in [1.82, 2.24) is 0 Å². The second kappa shape index (κ2) is 9.97. The number of aryl methyl sites for hydroxylation is 4. The van der Waals surface area contributed by atoms with Crippen molar-refractivity contribution in [3.05, 3.63) is 68.3 Å².